The molecule has 2 heterocycles. The molecule has 3 aromatic rings. The third-order valence-corrected chi connectivity index (χ3v) is 6.06. The molecule has 1 aromatic carbocycles. The van der Waals surface area contributed by atoms with Gasteiger partial charge in [-0.15, -0.1) is 10.2 Å². The van der Waals surface area contributed by atoms with Crippen LogP contribution < -0.4 is 17.0 Å². The molecule has 1 aliphatic carbocycles. The SMILES string of the molecule is CCn1c(SCC(=O)c2c(N)n(C3CC3)c(=O)[nH]c2=O)nnc1-c1ccc(Cl)cc1. The summed E-state index contributed by atoms with van der Waals surface area (Å²) in [5, 5.41) is 9.58. The van der Waals surface area contributed by atoms with Gasteiger partial charge < -0.3 is 10.3 Å². The number of rotatable bonds is 7. The van der Waals surface area contributed by atoms with Gasteiger partial charge in [0.15, 0.2) is 16.8 Å². The van der Waals surface area contributed by atoms with Crippen LogP contribution in [0.1, 0.15) is 36.2 Å². The molecule has 1 fully saturated rings. The van der Waals surface area contributed by atoms with Crippen molar-refractivity contribution in [3.8, 4) is 11.4 Å². The van der Waals surface area contributed by atoms with Crippen molar-refractivity contribution >= 4 is 35.0 Å². The summed E-state index contributed by atoms with van der Waals surface area (Å²) in [6.07, 6.45) is 1.59. The van der Waals surface area contributed by atoms with Crippen molar-refractivity contribution in [3.63, 3.8) is 0 Å². The number of aromatic nitrogens is 5. The number of benzene rings is 1. The van der Waals surface area contributed by atoms with E-state index in [0.29, 0.717) is 22.5 Å². The Morgan fingerprint density at radius 3 is 2.60 bits per heavy atom. The maximum atomic E-state index is 12.8. The van der Waals surface area contributed by atoms with Crippen molar-refractivity contribution < 1.29 is 4.79 Å². The lowest BCUT2D eigenvalue weighted by molar-refractivity contribution is 0.102. The number of aromatic amines is 1. The summed E-state index contributed by atoms with van der Waals surface area (Å²) in [6, 6.07) is 7.18. The maximum absolute atomic E-state index is 12.8. The predicted octanol–water partition coefficient (Wildman–Crippen LogP) is 2.36. The molecule has 1 aliphatic rings. The van der Waals surface area contributed by atoms with E-state index in [2.05, 4.69) is 15.2 Å². The maximum Gasteiger partial charge on any atom is 0.330 e. The fraction of sp³-hybridized carbons (Fsp3) is 0.316. The zero-order valence-electron chi connectivity index (χ0n) is 16.1. The molecule has 11 heteroatoms. The number of H-pyrrole nitrogens is 1. The van der Waals surface area contributed by atoms with E-state index in [1.165, 1.54) is 4.57 Å². The van der Waals surface area contributed by atoms with Gasteiger partial charge in [0.2, 0.25) is 0 Å². The number of halogens is 1. The standard InChI is InChI=1S/C19H19ClN6O3S/c1-2-25-16(10-3-5-11(20)6-4-10)23-24-19(25)30-9-13(27)14-15(21)26(12-7-8-12)18(29)22-17(14)28/h3-6,12H,2,7-9,21H2,1H3,(H,22,28,29). The third-order valence-electron chi connectivity index (χ3n) is 4.84. The fourth-order valence-electron chi connectivity index (χ4n) is 3.23. The molecule has 3 N–H and O–H groups in total. The second-order valence-electron chi connectivity index (χ2n) is 6.89. The molecule has 4 rings (SSSR count). The van der Waals surface area contributed by atoms with Crippen molar-refractivity contribution in [2.45, 2.75) is 37.5 Å². The lowest BCUT2D eigenvalue weighted by atomic mass is 10.2. The minimum absolute atomic E-state index is 0.0568. The topological polar surface area (TPSA) is 129 Å². The number of Topliss-reactive ketones (excluding diaryl/α,β-unsaturated/α-hetero) is 1. The summed E-state index contributed by atoms with van der Waals surface area (Å²) >= 11 is 7.11. The molecule has 2 aromatic heterocycles. The second kappa shape index (κ2) is 8.11. The number of carbonyl (C=O) groups excluding carboxylic acids is 1. The van der Waals surface area contributed by atoms with Gasteiger partial charge in [0.1, 0.15) is 11.4 Å². The number of hydrogen-bond acceptors (Lipinski definition) is 7. The average Bonchev–Trinajstić information content (AvgIpc) is 3.45. The first-order chi connectivity index (χ1) is 14.4. The van der Waals surface area contributed by atoms with Gasteiger partial charge >= 0.3 is 5.69 Å². The Morgan fingerprint density at radius 1 is 1.27 bits per heavy atom. The van der Waals surface area contributed by atoms with Crippen LogP contribution in [0.3, 0.4) is 0 Å². The van der Waals surface area contributed by atoms with Crippen LogP contribution in [0.2, 0.25) is 5.02 Å². The van der Waals surface area contributed by atoms with Gasteiger partial charge in [-0.05, 0) is 44.0 Å². The molecule has 0 atom stereocenters. The molecule has 9 nitrogen and oxygen atoms in total. The Bertz CT molecular complexity index is 1230. The zero-order chi connectivity index (χ0) is 21.4. The molecule has 0 spiro atoms. The summed E-state index contributed by atoms with van der Waals surface area (Å²) in [5.41, 5.74) is 5.33. The molecule has 156 valence electrons. The molecular weight excluding hydrogens is 428 g/mol. The van der Waals surface area contributed by atoms with Crippen LogP contribution in [0.15, 0.2) is 39.0 Å². The van der Waals surface area contributed by atoms with E-state index in [1.807, 2.05) is 23.6 Å². The van der Waals surface area contributed by atoms with Gasteiger partial charge in [0.05, 0.1) is 5.75 Å². The van der Waals surface area contributed by atoms with Crippen LogP contribution in [-0.2, 0) is 6.54 Å². The lowest BCUT2D eigenvalue weighted by Crippen LogP contribution is -2.36. The van der Waals surface area contributed by atoms with Crippen LogP contribution in [0.25, 0.3) is 11.4 Å². The number of nitrogens with one attached hydrogen (secondary N) is 1. The minimum atomic E-state index is -0.765. The number of carbonyl (C=O) groups is 1. The minimum Gasteiger partial charge on any atom is -0.384 e. The predicted molar refractivity (Wildman–Crippen MR) is 115 cm³/mol. The van der Waals surface area contributed by atoms with Crippen LogP contribution >= 0.6 is 23.4 Å². The Morgan fingerprint density at radius 2 is 1.97 bits per heavy atom. The molecule has 0 radical (unpaired) electrons. The Labute approximate surface area is 180 Å². The molecule has 0 saturated heterocycles. The van der Waals surface area contributed by atoms with Crippen molar-refractivity contribution in [2.24, 2.45) is 0 Å². The van der Waals surface area contributed by atoms with Gasteiger partial charge in [0.25, 0.3) is 5.56 Å². The van der Waals surface area contributed by atoms with E-state index in [4.69, 9.17) is 17.3 Å². The van der Waals surface area contributed by atoms with Crippen LogP contribution in [0, 0.1) is 0 Å². The summed E-state index contributed by atoms with van der Waals surface area (Å²) in [5.74, 6) is 0.0563. The van der Waals surface area contributed by atoms with Crippen molar-refractivity contribution in [3.05, 3.63) is 55.7 Å². The molecule has 0 bridgehead atoms. The third kappa shape index (κ3) is 3.80. The lowest BCUT2D eigenvalue weighted by Gasteiger charge is -2.11. The van der Waals surface area contributed by atoms with Crippen LogP contribution in [0.4, 0.5) is 5.82 Å². The van der Waals surface area contributed by atoms with E-state index in [1.54, 1.807) is 12.1 Å². The number of thioether (sulfide) groups is 1. The molecule has 0 aliphatic heterocycles. The highest BCUT2D eigenvalue weighted by Crippen LogP contribution is 2.35. The van der Waals surface area contributed by atoms with Crippen molar-refractivity contribution in [1.82, 2.24) is 24.3 Å². The molecule has 0 unspecified atom stereocenters. The van der Waals surface area contributed by atoms with E-state index in [9.17, 15) is 14.4 Å². The average molecular weight is 447 g/mol. The van der Waals surface area contributed by atoms with Crippen LogP contribution in [-0.4, -0.2) is 35.9 Å². The second-order valence-corrected chi connectivity index (χ2v) is 8.27. The van der Waals surface area contributed by atoms with Gasteiger partial charge in [-0.2, -0.15) is 0 Å². The smallest absolute Gasteiger partial charge is 0.330 e. The number of nitrogens with zero attached hydrogens (tertiary/aromatic N) is 4. The Kier molecular flexibility index (Phi) is 5.52. The van der Waals surface area contributed by atoms with Gasteiger partial charge in [-0.1, -0.05) is 23.4 Å². The number of anilines is 1. The van der Waals surface area contributed by atoms with Crippen LogP contribution in [0.5, 0.6) is 0 Å². The number of nitrogens with two attached hydrogens (primary N) is 1. The highest BCUT2D eigenvalue weighted by atomic mass is 35.5. The summed E-state index contributed by atoms with van der Waals surface area (Å²) in [7, 11) is 0. The summed E-state index contributed by atoms with van der Waals surface area (Å²) in [6.45, 7) is 2.54. The number of hydrogen-bond donors (Lipinski definition) is 2. The van der Waals surface area contributed by atoms with E-state index >= 15 is 0 Å². The van der Waals surface area contributed by atoms with E-state index in [0.717, 1.165) is 30.2 Å². The van der Waals surface area contributed by atoms with Crippen molar-refractivity contribution in [2.75, 3.05) is 11.5 Å². The van der Waals surface area contributed by atoms with Gasteiger partial charge in [-0.25, -0.2) is 4.79 Å². The number of ketones is 1. The van der Waals surface area contributed by atoms with Crippen molar-refractivity contribution in [1.29, 1.82) is 0 Å². The van der Waals surface area contributed by atoms with E-state index < -0.39 is 17.0 Å². The number of nitrogen functional groups attached to an aromatic ring is 1. The molecule has 1 saturated carbocycles. The molecule has 30 heavy (non-hydrogen) atoms. The van der Waals surface area contributed by atoms with Gasteiger partial charge in [0, 0.05) is 23.2 Å². The first-order valence-electron chi connectivity index (χ1n) is 9.40. The summed E-state index contributed by atoms with van der Waals surface area (Å²) in [4.78, 5) is 39.2. The summed E-state index contributed by atoms with van der Waals surface area (Å²) < 4.78 is 3.17. The highest BCUT2D eigenvalue weighted by molar-refractivity contribution is 7.99. The Hall–Kier alpha value is -2.85. The highest BCUT2D eigenvalue weighted by Gasteiger charge is 2.30. The van der Waals surface area contributed by atoms with E-state index in [-0.39, 0.29) is 23.2 Å². The monoisotopic (exact) mass is 446 g/mol. The normalized spacial score (nSPS) is 13.5. The molecule has 0 amide bonds. The molecular formula is C19H19ClN6O3S. The quantitative estimate of drug-likeness (QED) is 0.421. The van der Waals surface area contributed by atoms with Gasteiger partial charge in [-0.3, -0.25) is 19.1 Å². The fourth-order valence-corrected chi connectivity index (χ4v) is 4.23. The largest absolute Gasteiger partial charge is 0.384 e. The zero-order valence-corrected chi connectivity index (χ0v) is 17.7. The first-order valence-corrected chi connectivity index (χ1v) is 10.8. The Balaban J connectivity index is 1.58. The first kappa shape index (κ1) is 20.4.